The Bertz CT molecular complexity index is 246. The largest absolute Gasteiger partial charge is 0.480 e. The number of carboxylic acid groups (broad SMARTS) is 1. The molecule has 0 aromatic rings. The maximum Gasteiger partial charge on any atom is 0.321 e. The van der Waals surface area contributed by atoms with Crippen molar-refractivity contribution in [1.82, 2.24) is 4.90 Å². The van der Waals surface area contributed by atoms with E-state index in [1.807, 2.05) is 0 Å². The van der Waals surface area contributed by atoms with Crippen molar-refractivity contribution < 1.29 is 9.90 Å². The average molecular weight is 225 g/mol. The molecular formula is C13H23NO2. The lowest BCUT2D eigenvalue weighted by Gasteiger charge is -2.31. The van der Waals surface area contributed by atoms with E-state index >= 15 is 0 Å². The summed E-state index contributed by atoms with van der Waals surface area (Å²) in [6.45, 7) is 3.07. The molecule has 2 atom stereocenters. The van der Waals surface area contributed by atoms with E-state index in [-0.39, 0.29) is 6.04 Å². The Labute approximate surface area is 97.8 Å². The van der Waals surface area contributed by atoms with Gasteiger partial charge in [0.25, 0.3) is 0 Å². The molecule has 0 aromatic heterocycles. The number of carbonyl (C=O) groups is 1. The number of carboxylic acids is 1. The Balaban J connectivity index is 2.03. The average Bonchev–Trinajstić information content (AvgIpc) is 2.50. The molecule has 0 spiro atoms. The van der Waals surface area contributed by atoms with Gasteiger partial charge >= 0.3 is 5.97 Å². The van der Waals surface area contributed by atoms with E-state index in [1.54, 1.807) is 0 Å². The molecule has 3 heteroatoms. The van der Waals surface area contributed by atoms with Crippen LogP contribution in [-0.4, -0.2) is 34.6 Å². The first-order valence-electron chi connectivity index (χ1n) is 6.68. The molecule has 1 heterocycles. The van der Waals surface area contributed by atoms with Crippen LogP contribution in [0.2, 0.25) is 0 Å². The molecule has 1 saturated heterocycles. The van der Waals surface area contributed by atoms with Gasteiger partial charge in [-0.25, -0.2) is 0 Å². The van der Waals surface area contributed by atoms with Gasteiger partial charge in [-0.1, -0.05) is 32.6 Å². The van der Waals surface area contributed by atoms with Crippen LogP contribution in [0.3, 0.4) is 0 Å². The summed E-state index contributed by atoms with van der Waals surface area (Å²) in [5, 5.41) is 9.31. The van der Waals surface area contributed by atoms with Crippen molar-refractivity contribution in [2.75, 3.05) is 6.54 Å². The fraction of sp³-hybridized carbons (Fsp3) is 0.923. The van der Waals surface area contributed by atoms with Crippen LogP contribution in [0.5, 0.6) is 0 Å². The topological polar surface area (TPSA) is 40.5 Å². The number of aliphatic carboxylic acids is 1. The smallest absolute Gasteiger partial charge is 0.321 e. The monoisotopic (exact) mass is 225 g/mol. The molecule has 1 aliphatic carbocycles. The molecule has 2 aliphatic rings. The molecule has 0 radical (unpaired) electrons. The maximum absolute atomic E-state index is 11.3. The molecule has 3 nitrogen and oxygen atoms in total. The summed E-state index contributed by atoms with van der Waals surface area (Å²) in [5.74, 6) is -0.296. The molecule has 1 aliphatic heterocycles. The van der Waals surface area contributed by atoms with E-state index in [2.05, 4.69) is 11.8 Å². The van der Waals surface area contributed by atoms with Crippen molar-refractivity contribution in [2.24, 2.45) is 5.92 Å². The fourth-order valence-electron chi connectivity index (χ4n) is 3.36. The van der Waals surface area contributed by atoms with Gasteiger partial charge in [-0.15, -0.1) is 0 Å². The van der Waals surface area contributed by atoms with Crippen LogP contribution in [0.4, 0.5) is 0 Å². The van der Waals surface area contributed by atoms with E-state index in [1.165, 1.54) is 38.5 Å². The highest BCUT2D eigenvalue weighted by molar-refractivity contribution is 5.74. The molecule has 0 bridgehead atoms. The third kappa shape index (κ3) is 2.40. The van der Waals surface area contributed by atoms with Crippen molar-refractivity contribution in [3.63, 3.8) is 0 Å². The summed E-state index contributed by atoms with van der Waals surface area (Å²) in [6, 6.07) is 0.316. The number of nitrogens with zero attached hydrogens (tertiary/aromatic N) is 1. The molecule has 92 valence electrons. The van der Waals surface area contributed by atoms with Gasteiger partial charge in [-0.05, 0) is 31.7 Å². The lowest BCUT2D eigenvalue weighted by molar-refractivity contribution is -0.144. The van der Waals surface area contributed by atoms with Gasteiger partial charge in [0.15, 0.2) is 0 Å². The first-order chi connectivity index (χ1) is 7.70. The summed E-state index contributed by atoms with van der Waals surface area (Å²) in [6.07, 6.45) is 8.68. The van der Waals surface area contributed by atoms with Crippen molar-refractivity contribution in [3.8, 4) is 0 Å². The second-order valence-corrected chi connectivity index (χ2v) is 5.43. The van der Waals surface area contributed by atoms with Gasteiger partial charge in [0.2, 0.25) is 0 Å². The van der Waals surface area contributed by atoms with Gasteiger partial charge in [0.1, 0.15) is 6.04 Å². The molecule has 16 heavy (non-hydrogen) atoms. The lowest BCUT2D eigenvalue weighted by atomic mass is 10.0. The van der Waals surface area contributed by atoms with Crippen molar-refractivity contribution >= 4 is 5.97 Å². The first-order valence-corrected chi connectivity index (χ1v) is 6.68. The molecule has 0 aromatic carbocycles. The van der Waals surface area contributed by atoms with Crippen LogP contribution in [-0.2, 0) is 4.79 Å². The van der Waals surface area contributed by atoms with Crippen LogP contribution in [0.1, 0.15) is 51.9 Å². The quantitative estimate of drug-likeness (QED) is 0.734. The highest BCUT2D eigenvalue weighted by Gasteiger charge is 2.39. The SMILES string of the molecule is CC1CCN(C2CCCCCC2)C1C(=O)O. The lowest BCUT2D eigenvalue weighted by Crippen LogP contribution is -2.45. The molecule has 2 fully saturated rings. The molecule has 1 saturated carbocycles. The Hall–Kier alpha value is -0.570. The van der Waals surface area contributed by atoms with Crippen molar-refractivity contribution in [2.45, 2.75) is 64.0 Å². The number of hydrogen-bond acceptors (Lipinski definition) is 2. The summed E-state index contributed by atoms with van der Waals surface area (Å²) in [5.41, 5.74) is 0. The maximum atomic E-state index is 11.3. The van der Waals surface area contributed by atoms with E-state index < -0.39 is 5.97 Å². The second kappa shape index (κ2) is 5.17. The third-order valence-corrected chi connectivity index (χ3v) is 4.29. The molecule has 0 amide bonds. The van der Waals surface area contributed by atoms with Crippen molar-refractivity contribution in [1.29, 1.82) is 0 Å². The minimum atomic E-state index is -0.616. The number of rotatable bonds is 2. The predicted octanol–water partition coefficient (Wildman–Crippen LogP) is 2.50. The summed E-state index contributed by atoms with van der Waals surface area (Å²) in [7, 11) is 0. The minimum Gasteiger partial charge on any atom is -0.480 e. The zero-order valence-corrected chi connectivity index (χ0v) is 10.2. The highest BCUT2D eigenvalue weighted by Crippen LogP contribution is 2.31. The standard InChI is InChI=1S/C13H23NO2/c1-10-8-9-14(12(10)13(15)16)11-6-4-2-3-5-7-11/h10-12H,2-9H2,1H3,(H,15,16). The summed E-state index contributed by atoms with van der Waals surface area (Å²) in [4.78, 5) is 13.6. The Morgan fingerprint density at radius 1 is 1.12 bits per heavy atom. The van der Waals surface area contributed by atoms with Gasteiger partial charge in [0.05, 0.1) is 0 Å². The highest BCUT2D eigenvalue weighted by atomic mass is 16.4. The molecule has 1 N–H and O–H groups in total. The fourth-order valence-corrected chi connectivity index (χ4v) is 3.36. The van der Waals surface area contributed by atoms with Gasteiger partial charge in [-0.2, -0.15) is 0 Å². The second-order valence-electron chi connectivity index (χ2n) is 5.43. The Morgan fingerprint density at radius 2 is 1.75 bits per heavy atom. The van der Waals surface area contributed by atoms with Crippen LogP contribution < -0.4 is 0 Å². The minimum absolute atomic E-state index is 0.219. The van der Waals surface area contributed by atoms with Crippen LogP contribution >= 0.6 is 0 Å². The first kappa shape index (κ1) is 11.9. The van der Waals surface area contributed by atoms with E-state index in [0.29, 0.717) is 12.0 Å². The van der Waals surface area contributed by atoms with Crippen molar-refractivity contribution in [3.05, 3.63) is 0 Å². The van der Waals surface area contributed by atoms with Crippen LogP contribution in [0, 0.1) is 5.92 Å². The normalized spacial score (nSPS) is 33.8. The van der Waals surface area contributed by atoms with E-state index in [0.717, 1.165) is 13.0 Å². The summed E-state index contributed by atoms with van der Waals surface area (Å²) < 4.78 is 0. The zero-order chi connectivity index (χ0) is 11.5. The Kier molecular flexibility index (Phi) is 3.85. The summed E-state index contributed by atoms with van der Waals surface area (Å²) >= 11 is 0. The zero-order valence-electron chi connectivity index (χ0n) is 10.2. The molecular weight excluding hydrogens is 202 g/mol. The van der Waals surface area contributed by atoms with Gasteiger partial charge in [0, 0.05) is 6.04 Å². The van der Waals surface area contributed by atoms with Gasteiger partial charge in [-0.3, -0.25) is 9.69 Å². The molecule has 2 rings (SSSR count). The predicted molar refractivity (Wildman–Crippen MR) is 63.4 cm³/mol. The van der Waals surface area contributed by atoms with E-state index in [9.17, 15) is 9.90 Å². The number of hydrogen-bond donors (Lipinski definition) is 1. The van der Waals surface area contributed by atoms with Crippen LogP contribution in [0.15, 0.2) is 0 Å². The number of likely N-dealkylation sites (tertiary alicyclic amines) is 1. The van der Waals surface area contributed by atoms with Gasteiger partial charge < -0.3 is 5.11 Å². The Morgan fingerprint density at radius 3 is 2.31 bits per heavy atom. The van der Waals surface area contributed by atoms with Crippen LogP contribution in [0.25, 0.3) is 0 Å². The third-order valence-electron chi connectivity index (χ3n) is 4.29. The molecule has 2 unspecified atom stereocenters. The van der Waals surface area contributed by atoms with E-state index in [4.69, 9.17) is 0 Å².